The van der Waals surface area contributed by atoms with Crippen LogP contribution in [0.5, 0.6) is 11.5 Å². The van der Waals surface area contributed by atoms with E-state index in [0.717, 1.165) is 5.56 Å². The summed E-state index contributed by atoms with van der Waals surface area (Å²) in [6, 6.07) is 6.92. The Morgan fingerprint density at radius 2 is 1.91 bits per heavy atom. The lowest BCUT2D eigenvalue weighted by Gasteiger charge is -2.29. The van der Waals surface area contributed by atoms with Crippen LogP contribution in [0.25, 0.3) is 0 Å². The molecule has 2 aromatic rings. The van der Waals surface area contributed by atoms with E-state index in [1.807, 2.05) is 0 Å². The summed E-state index contributed by atoms with van der Waals surface area (Å²) in [6.07, 6.45) is -0.592. The van der Waals surface area contributed by atoms with Gasteiger partial charge in [-0.1, -0.05) is 6.07 Å². The Labute approximate surface area is 133 Å². The Balaban J connectivity index is 2.06. The molecule has 0 saturated heterocycles. The molecule has 0 spiro atoms. The standard InChI is InChI=1S/C16H15FO5S/c1-9-3-6-15(23(18,19)20)10(2)16(9)14-8-21-12-5-4-11(17)7-13(12)22-14/h3-7,14H,8H2,1-2H3,(H,18,19,20)/t14-/m0/s1. The van der Waals surface area contributed by atoms with Crippen molar-refractivity contribution in [3.8, 4) is 11.5 Å². The molecule has 5 nitrogen and oxygen atoms in total. The summed E-state index contributed by atoms with van der Waals surface area (Å²) in [5, 5.41) is 0. The number of benzene rings is 2. The van der Waals surface area contributed by atoms with Crippen molar-refractivity contribution < 1.29 is 26.8 Å². The van der Waals surface area contributed by atoms with Crippen molar-refractivity contribution >= 4 is 10.1 Å². The number of hydrogen-bond donors (Lipinski definition) is 1. The van der Waals surface area contributed by atoms with Crippen molar-refractivity contribution in [1.82, 2.24) is 0 Å². The van der Waals surface area contributed by atoms with E-state index >= 15 is 0 Å². The molecule has 0 aromatic heterocycles. The zero-order valence-electron chi connectivity index (χ0n) is 12.5. The summed E-state index contributed by atoms with van der Waals surface area (Å²) in [7, 11) is -4.34. The van der Waals surface area contributed by atoms with E-state index in [2.05, 4.69) is 0 Å². The summed E-state index contributed by atoms with van der Waals surface area (Å²) in [5.41, 5.74) is 1.79. The van der Waals surface area contributed by atoms with Gasteiger partial charge in [0.1, 0.15) is 12.4 Å². The van der Waals surface area contributed by atoms with Crippen LogP contribution in [-0.4, -0.2) is 19.6 Å². The zero-order valence-corrected chi connectivity index (χ0v) is 13.4. The minimum absolute atomic E-state index is 0.162. The quantitative estimate of drug-likeness (QED) is 0.851. The van der Waals surface area contributed by atoms with Crippen LogP contribution in [-0.2, 0) is 10.1 Å². The highest BCUT2D eigenvalue weighted by atomic mass is 32.2. The summed E-state index contributed by atoms with van der Waals surface area (Å²) >= 11 is 0. The Bertz CT molecular complexity index is 876. The number of aryl methyl sites for hydroxylation is 1. The average Bonchev–Trinajstić information content (AvgIpc) is 2.45. The molecule has 0 radical (unpaired) electrons. The first kappa shape index (κ1) is 15.8. The maximum Gasteiger partial charge on any atom is 0.294 e. The fourth-order valence-corrected chi connectivity index (χ4v) is 3.54. The van der Waals surface area contributed by atoms with E-state index < -0.39 is 22.0 Å². The molecule has 2 aromatic carbocycles. The predicted molar refractivity (Wildman–Crippen MR) is 81.0 cm³/mol. The van der Waals surface area contributed by atoms with Gasteiger partial charge in [-0.05, 0) is 43.2 Å². The maximum atomic E-state index is 13.4. The van der Waals surface area contributed by atoms with E-state index in [0.29, 0.717) is 16.9 Å². The van der Waals surface area contributed by atoms with Crippen molar-refractivity contribution in [3.05, 3.63) is 52.8 Å². The SMILES string of the molecule is Cc1ccc(S(=O)(=O)O)c(C)c1[C@@H]1COc2ccc(F)cc2O1. The summed E-state index contributed by atoms with van der Waals surface area (Å²) in [6.45, 7) is 3.56. The molecule has 23 heavy (non-hydrogen) atoms. The highest BCUT2D eigenvalue weighted by Gasteiger charge is 2.28. The number of rotatable bonds is 2. The summed E-state index contributed by atoms with van der Waals surface area (Å²) < 4.78 is 57.0. The molecule has 0 bridgehead atoms. The van der Waals surface area contributed by atoms with E-state index in [1.165, 1.54) is 24.3 Å². The van der Waals surface area contributed by atoms with Gasteiger partial charge in [-0.2, -0.15) is 8.42 Å². The van der Waals surface area contributed by atoms with Gasteiger partial charge in [-0.25, -0.2) is 4.39 Å². The second-order valence-electron chi connectivity index (χ2n) is 5.40. The van der Waals surface area contributed by atoms with Crippen LogP contribution in [0.4, 0.5) is 4.39 Å². The molecule has 0 aliphatic carbocycles. The Morgan fingerprint density at radius 1 is 1.17 bits per heavy atom. The van der Waals surface area contributed by atoms with Gasteiger partial charge in [-0.3, -0.25) is 4.55 Å². The Morgan fingerprint density at radius 3 is 2.61 bits per heavy atom. The third-order valence-electron chi connectivity index (χ3n) is 3.85. The van der Waals surface area contributed by atoms with Crippen LogP contribution >= 0.6 is 0 Å². The molecular formula is C16H15FO5S. The first-order chi connectivity index (χ1) is 10.8. The van der Waals surface area contributed by atoms with Gasteiger partial charge in [-0.15, -0.1) is 0 Å². The Hall–Kier alpha value is -2.12. The van der Waals surface area contributed by atoms with Gasteiger partial charge >= 0.3 is 0 Å². The second-order valence-corrected chi connectivity index (χ2v) is 6.79. The first-order valence-corrected chi connectivity index (χ1v) is 8.38. The molecule has 1 aliphatic rings. The molecule has 3 rings (SSSR count). The molecule has 7 heteroatoms. The molecule has 0 amide bonds. The highest BCUT2D eigenvalue weighted by Crippen LogP contribution is 2.39. The van der Waals surface area contributed by atoms with E-state index in [9.17, 15) is 17.4 Å². The Kier molecular flexibility index (Phi) is 3.77. The van der Waals surface area contributed by atoms with Crippen molar-refractivity contribution in [1.29, 1.82) is 0 Å². The van der Waals surface area contributed by atoms with Crippen LogP contribution in [0.15, 0.2) is 35.2 Å². The second kappa shape index (κ2) is 5.50. The number of hydrogen-bond acceptors (Lipinski definition) is 4. The minimum Gasteiger partial charge on any atom is -0.485 e. The summed E-state index contributed by atoms with van der Waals surface area (Å²) in [5.74, 6) is 0.245. The summed E-state index contributed by atoms with van der Waals surface area (Å²) in [4.78, 5) is -0.174. The molecule has 1 N–H and O–H groups in total. The van der Waals surface area contributed by atoms with E-state index in [1.54, 1.807) is 19.9 Å². The van der Waals surface area contributed by atoms with E-state index in [4.69, 9.17) is 9.47 Å². The van der Waals surface area contributed by atoms with Crippen molar-refractivity contribution in [2.75, 3.05) is 6.61 Å². The lowest BCUT2D eigenvalue weighted by atomic mass is 9.97. The molecule has 1 aliphatic heterocycles. The third kappa shape index (κ3) is 2.89. The van der Waals surface area contributed by atoms with Gasteiger partial charge < -0.3 is 9.47 Å². The molecule has 0 fully saturated rings. The topological polar surface area (TPSA) is 72.8 Å². The fraction of sp³-hybridized carbons (Fsp3) is 0.250. The lowest BCUT2D eigenvalue weighted by Crippen LogP contribution is -2.24. The van der Waals surface area contributed by atoms with Crippen LogP contribution in [0.3, 0.4) is 0 Å². The molecule has 0 unspecified atom stereocenters. The number of fused-ring (bicyclic) bond motifs is 1. The molecular weight excluding hydrogens is 323 g/mol. The highest BCUT2D eigenvalue weighted by molar-refractivity contribution is 7.85. The fourth-order valence-electron chi connectivity index (χ4n) is 2.81. The first-order valence-electron chi connectivity index (χ1n) is 6.94. The lowest BCUT2D eigenvalue weighted by molar-refractivity contribution is 0.0896. The van der Waals surface area contributed by atoms with Crippen LogP contribution in [0, 0.1) is 19.7 Å². The molecule has 1 heterocycles. The van der Waals surface area contributed by atoms with Crippen LogP contribution in [0.2, 0.25) is 0 Å². The monoisotopic (exact) mass is 338 g/mol. The number of halogens is 1. The van der Waals surface area contributed by atoms with Gasteiger partial charge in [0.05, 0.1) is 4.90 Å². The van der Waals surface area contributed by atoms with E-state index in [-0.39, 0.29) is 17.3 Å². The van der Waals surface area contributed by atoms with Crippen LogP contribution < -0.4 is 9.47 Å². The van der Waals surface area contributed by atoms with Crippen molar-refractivity contribution in [2.45, 2.75) is 24.8 Å². The molecule has 0 saturated carbocycles. The normalized spacial score (nSPS) is 17.1. The average molecular weight is 338 g/mol. The minimum atomic E-state index is -4.34. The number of ether oxygens (including phenoxy) is 2. The third-order valence-corrected chi connectivity index (χ3v) is 4.85. The predicted octanol–water partition coefficient (Wildman–Crippen LogP) is 3.20. The molecule has 122 valence electrons. The van der Waals surface area contributed by atoms with Crippen molar-refractivity contribution in [2.24, 2.45) is 0 Å². The smallest absolute Gasteiger partial charge is 0.294 e. The molecule has 1 atom stereocenters. The van der Waals surface area contributed by atoms with Gasteiger partial charge in [0.25, 0.3) is 10.1 Å². The van der Waals surface area contributed by atoms with Gasteiger partial charge in [0.15, 0.2) is 17.6 Å². The zero-order chi connectivity index (χ0) is 16.8. The largest absolute Gasteiger partial charge is 0.485 e. The van der Waals surface area contributed by atoms with Gasteiger partial charge in [0.2, 0.25) is 0 Å². The van der Waals surface area contributed by atoms with Crippen LogP contribution in [0.1, 0.15) is 22.8 Å². The van der Waals surface area contributed by atoms with Crippen molar-refractivity contribution in [3.63, 3.8) is 0 Å². The van der Waals surface area contributed by atoms with Gasteiger partial charge in [0, 0.05) is 11.6 Å². The maximum absolute atomic E-state index is 13.4.